The Morgan fingerprint density at radius 2 is 1.46 bits per heavy atom. The molecule has 0 aliphatic carbocycles. The van der Waals surface area contributed by atoms with E-state index in [1.807, 2.05) is 24.3 Å². The SMILES string of the molecule is COc1cc(C2c3cc4c(cc3OC(OC)C2C)OCO4)cc(OC)c1OC. The molecule has 0 amide bonds. The van der Waals surface area contributed by atoms with Gasteiger partial charge in [-0.15, -0.1) is 0 Å². The molecule has 0 aromatic heterocycles. The van der Waals surface area contributed by atoms with Crippen molar-refractivity contribution >= 4 is 0 Å². The van der Waals surface area contributed by atoms with Gasteiger partial charge in [-0.1, -0.05) is 6.92 Å². The van der Waals surface area contributed by atoms with Gasteiger partial charge in [0.25, 0.3) is 0 Å². The Labute approximate surface area is 164 Å². The molecule has 7 heteroatoms. The van der Waals surface area contributed by atoms with Crippen molar-refractivity contribution in [3.8, 4) is 34.5 Å². The van der Waals surface area contributed by atoms with Gasteiger partial charge in [-0.25, -0.2) is 0 Å². The monoisotopic (exact) mass is 388 g/mol. The minimum atomic E-state index is -0.406. The zero-order valence-corrected chi connectivity index (χ0v) is 16.6. The fourth-order valence-electron chi connectivity index (χ4n) is 3.98. The topological polar surface area (TPSA) is 64.6 Å². The lowest BCUT2D eigenvalue weighted by molar-refractivity contribution is -0.102. The van der Waals surface area contributed by atoms with E-state index in [1.165, 1.54) is 0 Å². The Morgan fingerprint density at radius 1 is 0.821 bits per heavy atom. The van der Waals surface area contributed by atoms with E-state index in [2.05, 4.69) is 6.92 Å². The summed E-state index contributed by atoms with van der Waals surface area (Å²) in [6.45, 7) is 2.30. The molecule has 2 aliphatic rings. The molecule has 2 aromatic carbocycles. The molecule has 0 saturated carbocycles. The first-order valence-corrected chi connectivity index (χ1v) is 9.04. The molecule has 28 heavy (non-hydrogen) atoms. The van der Waals surface area contributed by atoms with Crippen molar-refractivity contribution in [3.63, 3.8) is 0 Å². The van der Waals surface area contributed by atoms with Crippen molar-refractivity contribution in [2.24, 2.45) is 5.92 Å². The van der Waals surface area contributed by atoms with Crippen LogP contribution in [0.4, 0.5) is 0 Å². The minimum Gasteiger partial charge on any atom is -0.493 e. The molecule has 0 radical (unpaired) electrons. The molecule has 0 spiro atoms. The lowest BCUT2D eigenvalue weighted by atomic mass is 9.78. The van der Waals surface area contributed by atoms with E-state index in [1.54, 1.807) is 28.4 Å². The van der Waals surface area contributed by atoms with Gasteiger partial charge in [0, 0.05) is 30.6 Å². The number of fused-ring (bicyclic) bond motifs is 2. The number of ether oxygens (including phenoxy) is 7. The highest BCUT2D eigenvalue weighted by atomic mass is 16.7. The minimum absolute atomic E-state index is 0.0284. The summed E-state index contributed by atoms with van der Waals surface area (Å²) in [5, 5.41) is 0. The van der Waals surface area contributed by atoms with Crippen molar-refractivity contribution < 1.29 is 33.2 Å². The summed E-state index contributed by atoms with van der Waals surface area (Å²) in [6, 6.07) is 7.78. The van der Waals surface area contributed by atoms with Crippen LogP contribution < -0.4 is 28.4 Å². The number of rotatable bonds is 5. The molecule has 0 bridgehead atoms. The largest absolute Gasteiger partial charge is 0.493 e. The van der Waals surface area contributed by atoms with Crippen LogP contribution in [0.25, 0.3) is 0 Å². The van der Waals surface area contributed by atoms with Crippen molar-refractivity contribution in [2.75, 3.05) is 35.2 Å². The maximum atomic E-state index is 6.08. The molecular formula is C21H24O7. The van der Waals surface area contributed by atoms with Gasteiger partial charge in [0.1, 0.15) is 5.75 Å². The molecule has 150 valence electrons. The second-order valence-corrected chi connectivity index (χ2v) is 6.76. The van der Waals surface area contributed by atoms with Gasteiger partial charge in [0.15, 0.2) is 23.0 Å². The van der Waals surface area contributed by atoms with Crippen LogP contribution >= 0.6 is 0 Å². The maximum absolute atomic E-state index is 6.08. The Hall–Kier alpha value is -2.80. The van der Waals surface area contributed by atoms with Crippen molar-refractivity contribution in [2.45, 2.75) is 19.1 Å². The number of hydrogen-bond acceptors (Lipinski definition) is 7. The van der Waals surface area contributed by atoms with Crippen LogP contribution in [0.3, 0.4) is 0 Å². The number of benzene rings is 2. The van der Waals surface area contributed by atoms with E-state index in [9.17, 15) is 0 Å². The van der Waals surface area contributed by atoms with E-state index < -0.39 is 6.29 Å². The second kappa shape index (κ2) is 7.31. The first kappa shape index (κ1) is 18.6. The predicted molar refractivity (Wildman–Crippen MR) is 101 cm³/mol. The highest BCUT2D eigenvalue weighted by molar-refractivity contribution is 5.59. The average molecular weight is 388 g/mol. The van der Waals surface area contributed by atoms with Crippen molar-refractivity contribution in [1.82, 2.24) is 0 Å². The van der Waals surface area contributed by atoms with E-state index in [4.69, 9.17) is 33.2 Å². The molecule has 4 rings (SSSR count). The normalized spacial score (nSPS) is 22.2. The molecule has 3 atom stereocenters. The molecule has 0 saturated heterocycles. The Bertz CT molecular complexity index is 854. The van der Waals surface area contributed by atoms with Gasteiger partial charge >= 0.3 is 0 Å². The molecule has 3 unspecified atom stereocenters. The Morgan fingerprint density at radius 3 is 2.04 bits per heavy atom. The molecule has 7 nitrogen and oxygen atoms in total. The maximum Gasteiger partial charge on any atom is 0.231 e. The van der Waals surface area contributed by atoms with Crippen LogP contribution in [0, 0.1) is 5.92 Å². The van der Waals surface area contributed by atoms with Crippen LogP contribution in [-0.4, -0.2) is 41.5 Å². The first-order valence-electron chi connectivity index (χ1n) is 9.04. The number of methoxy groups -OCH3 is 4. The highest BCUT2D eigenvalue weighted by Crippen LogP contribution is 2.51. The molecule has 0 N–H and O–H groups in total. The van der Waals surface area contributed by atoms with Crippen LogP contribution in [0.1, 0.15) is 24.0 Å². The summed E-state index contributed by atoms with van der Waals surface area (Å²) in [7, 11) is 6.45. The van der Waals surface area contributed by atoms with Gasteiger partial charge in [-0.3, -0.25) is 0 Å². The van der Waals surface area contributed by atoms with Gasteiger partial charge in [-0.05, 0) is 23.8 Å². The summed E-state index contributed by atoms with van der Waals surface area (Å²) in [4.78, 5) is 0. The third kappa shape index (κ3) is 2.86. The van der Waals surface area contributed by atoms with Gasteiger partial charge < -0.3 is 33.2 Å². The second-order valence-electron chi connectivity index (χ2n) is 6.76. The zero-order valence-electron chi connectivity index (χ0n) is 16.6. The standard InChI is InChI=1S/C21H24O7/c1-11-19(12-6-17(22-2)20(24-4)18(7-12)23-3)13-8-15-16(27-10-26-15)9-14(13)28-21(11)25-5/h6-9,11,19,21H,10H2,1-5H3. The predicted octanol–water partition coefficient (Wildman–Crippen LogP) is 3.57. The summed E-state index contributed by atoms with van der Waals surface area (Å²) < 4.78 is 39.3. The Kier molecular flexibility index (Phi) is 4.85. The van der Waals surface area contributed by atoms with Crippen LogP contribution in [0.5, 0.6) is 34.5 Å². The summed E-state index contributed by atoms with van der Waals surface area (Å²) >= 11 is 0. The fraction of sp³-hybridized carbons (Fsp3) is 0.429. The quantitative estimate of drug-likeness (QED) is 0.776. The van der Waals surface area contributed by atoms with Crippen molar-refractivity contribution in [3.05, 3.63) is 35.4 Å². The van der Waals surface area contributed by atoms with Crippen LogP contribution in [-0.2, 0) is 4.74 Å². The summed E-state index contributed by atoms with van der Waals surface area (Å²) in [5.41, 5.74) is 2.01. The molecule has 2 aliphatic heterocycles. The van der Waals surface area contributed by atoms with Gasteiger partial charge in [0.2, 0.25) is 18.8 Å². The third-order valence-corrected chi connectivity index (χ3v) is 5.32. The third-order valence-electron chi connectivity index (χ3n) is 5.32. The molecule has 2 aromatic rings. The molecule has 0 fully saturated rings. The van der Waals surface area contributed by atoms with Crippen LogP contribution in [0.2, 0.25) is 0 Å². The van der Waals surface area contributed by atoms with Gasteiger partial charge in [-0.2, -0.15) is 0 Å². The first-order chi connectivity index (χ1) is 13.6. The average Bonchev–Trinajstić information content (AvgIpc) is 3.18. The lowest BCUT2D eigenvalue weighted by Gasteiger charge is -2.37. The Balaban J connectivity index is 1.89. The van der Waals surface area contributed by atoms with Crippen LogP contribution in [0.15, 0.2) is 24.3 Å². The van der Waals surface area contributed by atoms with E-state index in [0.717, 1.165) is 11.1 Å². The zero-order chi connectivity index (χ0) is 19.8. The summed E-state index contributed by atoms with van der Waals surface area (Å²) in [6.07, 6.45) is -0.406. The molecular weight excluding hydrogens is 364 g/mol. The fourth-order valence-corrected chi connectivity index (χ4v) is 3.98. The highest BCUT2D eigenvalue weighted by Gasteiger charge is 2.39. The molecule has 2 heterocycles. The number of hydrogen-bond donors (Lipinski definition) is 0. The van der Waals surface area contributed by atoms with Gasteiger partial charge in [0.05, 0.1) is 21.3 Å². The van der Waals surface area contributed by atoms with E-state index in [0.29, 0.717) is 34.5 Å². The lowest BCUT2D eigenvalue weighted by Crippen LogP contribution is -2.36. The summed E-state index contributed by atoms with van der Waals surface area (Å²) in [5.74, 6) is 3.86. The van der Waals surface area contributed by atoms with E-state index >= 15 is 0 Å². The smallest absolute Gasteiger partial charge is 0.231 e. The van der Waals surface area contributed by atoms with Crippen molar-refractivity contribution in [1.29, 1.82) is 0 Å². The van der Waals surface area contributed by atoms with E-state index in [-0.39, 0.29) is 18.6 Å².